The molecular formula is C25H21NO6. The second-order valence-corrected chi connectivity index (χ2v) is 7.35. The Bertz CT molecular complexity index is 1160. The van der Waals surface area contributed by atoms with Gasteiger partial charge in [-0.05, 0) is 42.3 Å². The molecule has 7 nitrogen and oxygen atoms in total. The van der Waals surface area contributed by atoms with Crippen molar-refractivity contribution in [2.45, 2.75) is 6.10 Å². The first-order valence-electron chi connectivity index (χ1n) is 10.3. The minimum atomic E-state index is -0.245. The normalized spacial score (nSPS) is 16.9. The maximum Gasteiger partial charge on any atom is 0.289 e. The molecule has 0 spiro atoms. The van der Waals surface area contributed by atoms with Crippen LogP contribution in [-0.2, 0) is 4.74 Å². The molecule has 1 saturated heterocycles. The van der Waals surface area contributed by atoms with E-state index in [0.29, 0.717) is 49.3 Å². The Morgan fingerprint density at radius 3 is 2.81 bits per heavy atom. The maximum atomic E-state index is 12.9. The van der Waals surface area contributed by atoms with E-state index in [2.05, 4.69) is 11.8 Å². The highest BCUT2D eigenvalue weighted by Gasteiger charge is 2.27. The van der Waals surface area contributed by atoms with E-state index < -0.39 is 0 Å². The van der Waals surface area contributed by atoms with Gasteiger partial charge in [-0.2, -0.15) is 0 Å². The fraction of sp³-hybridized carbons (Fsp3) is 0.240. The van der Waals surface area contributed by atoms with Gasteiger partial charge in [0.1, 0.15) is 18.5 Å². The van der Waals surface area contributed by atoms with Gasteiger partial charge in [-0.1, -0.05) is 24.1 Å². The predicted molar refractivity (Wildman–Crippen MR) is 115 cm³/mol. The fourth-order valence-electron chi connectivity index (χ4n) is 3.49. The Kier molecular flexibility index (Phi) is 5.69. The lowest BCUT2D eigenvalue weighted by Gasteiger charge is -2.32. The lowest BCUT2D eigenvalue weighted by atomic mass is 10.2. The molecule has 1 atom stereocenters. The highest BCUT2D eigenvalue weighted by molar-refractivity contribution is 5.91. The van der Waals surface area contributed by atoms with Gasteiger partial charge in [0.15, 0.2) is 23.0 Å². The number of morpholine rings is 1. The number of nitrogens with zero attached hydrogens (tertiary/aromatic N) is 1. The van der Waals surface area contributed by atoms with Crippen molar-refractivity contribution in [3.05, 3.63) is 77.7 Å². The van der Waals surface area contributed by atoms with Crippen molar-refractivity contribution in [2.75, 3.05) is 33.1 Å². The van der Waals surface area contributed by atoms with Crippen LogP contribution in [0.2, 0.25) is 0 Å². The third-order valence-corrected chi connectivity index (χ3v) is 5.13. The molecule has 2 aliphatic heterocycles. The van der Waals surface area contributed by atoms with Crippen LogP contribution in [-0.4, -0.2) is 50.0 Å². The van der Waals surface area contributed by atoms with E-state index >= 15 is 0 Å². The topological polar surface area (TPSA) is 70.4 Å². The first-order valence-corrected chi connectivity index (χ1v) is 10.3. The summed E-state index contributed by atoms with van der Waals surface area (Å²) in [6.45, 7) is 1.87. The molecular weight excluding hydrogens is 410 g/mol. The second kappa shape index (κ2) is 9.08. The smallest absolute Gasteiger partial charge is 0.289 e. The van der Waals surface area contributed by atoms with Crippen LogP contribution in [0.1, 0.15) is 21.9 Å². The van der Waals surface area contributed by atoms with Crippen molar-refractivity contribution in [2.24, 2.45) is 0 Å². The minimum absolute atomic E-state index is 0.186. The van der Waals surface area contributed by atoms with E-state index in [1.54, 1.807) is 23.1 Å². The average Bonchev–Trinajstić information content (AvgIpc) is 3.51. The highest BCUT2D eigenvalue weighted by Crippen LogP contribution is 2.35. The first-order chi connectivity index (χ1) is 15.7. The zero-order valence-corrected chi connectivity index (χ0v) is 17.3. The molecule has 0 radical (unpaired) electrons. The number of rotatable bonds is 4. The van der Waals surface area contributed by atoms with Gasteiger partial charge in [-0.25, -0.2) is 0 Å². The minimum Gasteiger partial charge on any atom is -0.491 e. The van der Waals surface area contributed by atoms with Crippen LogP contribution in [0.5, 0.6) is 17.2 Å². The molecule has 0 bridgehead atoms. The number of carbonyl (C=O) groups excluding carboxylic acids is 1. The van der Waals surface area contributed by atoms with Gasteiger partial charge in [-0.15, -0.1) is 0 Å². The van der Waals surface area contributed by atoms with Crippen LogP contribution >= 0.6 is 0 Å². The molecule has 0 aliphatic carbocycles. The summed E-state index contributed by atoms with van der Waals surface area (Å²) in [5.41, 5.74) is 0.884. The molecule has 162 valence electrons. The zero-order chi connectivity index (χ0) is 21.8. The molecule has 1 fully saturated rings. The summed E-state index contributed by atoms with van der Waals surface area (Å²) in [6.07, 6.45) is -0.245. The summed E-state index contributed by atoms with van der Waals surface area (Å²) in [4.78, 5) is 14.6. The molecule has 32 heavy (non-hydrogen) atoms. The second-order valence-electron chi connectivity index (χ2n) is 7.35. The zero-order valence-electron chi connectivity index (χ0n) is 17.3. The largest absolute Gasteiger partial charge is 0.491 e. The summed E-state index contributed by atoms with van der Waals surface area (Å²) < 4.78 is 28.0. The summed E-state index contributed by atoms with van der Waals surface area (Å²) in [5.74, 6) is 8.53. The van der Waals surface area contributed by atoms with Gasteiger partial charge < -0.3 is 28.3 Å². The monoisotopic (exact) mass is 431 g/mol. The third kappa shape index (κ3) is 4.56. The number of benzene rings is 2. The summed E-state index contributed by atoms with van der Waals surface area (Å²) in [5, 5.41) is 0. The lowest BCUT2D eigenvalue weighted by Crippen LogP contribution is -2.47. The fourth-order valence-corrected chi connectivity index (χ4v) is 3.49. The van der Waals surface area contributed by atoms with E-state index in [1.807, 2.05) is 42.5 Å². The molecule has 0 saturated carbocycles. The van der Waals surface area contributed by atoms with E-state index in [0.717, 1.165) is 5.56 Å². The predicted octanol–water partition coefficient (Wildman–Crippen LogP) is 3.33. The molecule has 5 rings (SSSR count). The van der Waals surface area contributed by atoms with Gasteiger partial charge in [0.2, 0.25) is 6.79 Å². The van der Waals surface area contributed by atoms with E-state index in [9.17, 15) is 4.79 Å². The Morgan fingerprint density at radius 2 is 1.91 bits per heavy atom. The van der Waals surface area contributed by atoms with Crippen LogP contribution in [0.4, 0.5) is 0 Å². The van der Waals surface area contributed by atoms with Crippen molar-refractivity contribution in [1.82, 2.24) is 4.90 Å². The molecule has 1 unspecified atom stereocenters. The number of hydrogen-bond donors (Lipinski definition) is 0. The van der Waals surface area contributed by atoms with Crippen molar-refractivity contribution < 1.29 is 28.2 Å². The highest BCUT2D eigenvalue weighted by atomic mass is 16.7. The number of carbonyl (C=O) groups is 1. The number of amides is 1. The van der Waals surface area contributed by atoms with Crippen molar-refractivity contribution in [3.8, 4) is 29.1 Å². The molecule has 1 aromatic heterocycles. The van der Waals surface area contributed by atoms with Crippen LogP contribution < -0.4 is 14.2 Å². The molecule has 1 amide bonds. The quantitative estimate of drug-likeness (QED) is 0.591. The SMILES string of the molecule is O=C(c1ccc(C#Cc2ccccc2)o1)N1CCOC(COc2ccc3c(c2)OCO3)C1. The Hall–Kier alpha value is -3.89. The lowest BCUT2D eigenvalue weighted by molar-refractivity contribution is -0.0408. The van der Waals surface area contributed by atoms with Crippen LogP contribution in [0, 0.1) is 11.8 Å². The molecule has 3 aromatic rings. The molecule has 2 aromatic carbocycles. The molecule has 3 heterocycles. The molecule has 7 heteroatoms. The van der Waals surface area contributed by atoms with Crippen molar-refractivity contribution >= 4 is 5.91 Å². The van der Waals surface area contributed by atoms with E-state index in [4.69, 9.17) is 23.4 Å². The number of hydrogen-bond acceptors (Lipinski definition) is 6. The van der Waals surface area contributed by atoms with Gasteiger partial charge in [0.05, 0.1) is 13.2 Å². The Morgan fingerprint density at radius 1 is 1.03 bits per heavy atom. The standard InChI is InChI=1S/C25H21NO6/c27-25(23-11-8-19(32-23)7-6-18-4-2-1-3-5-18)26-12-13-28-21(15-26)16-29-20-9-10-22-24(14-20)31-17-30-22/h1-5,8-11,14,21H,12-13,15-17H2. The van der Waals surface area contributed by atoms with Crippen molar-refractivity contribution in [3.63, 3.8) is 0 Å². The molecule has 2 aliphatic rings. The number of fused-ring (bicyclic) bond motifs is 1. The van der Waals surface area contributed by atoms with Crippen LogP contribution in [0.3, 0.4) is 0 Å². The van der Waals surface area contributed by atoms with Crippen LogP contribution in [0.15, 0.2) is 65.1 Å². The van der Waals surface area contributed by atoms with Gasteiger partial charge in [0, 0.05) is 18.2 Å². The Labute approximate surface area is 185 Å². The third-order valence-electron chi connectivity index (χ3n) is 5.13. The number of ether oxygens (including phenoxy) is 4. The summed E-state index contributed by atoms with van der Waals surface area (Å²) in [7, 11) is 0. The average molecular weight is 431 g/mol. The Balaban J connectivity index is 1.18. The van der Waals surface area contributed by atoms with Gasteiger partial charge >= 0.3 is 0 Å². The summed E-state index contributed by atoms with van der Waals surface area (Å²) in [6, 6.07) is 18.4. The van der Waals surface area contributed by atoms with Crippen LogP contribution in [0.25, 0.3) is 0 Å². The number of furan rings is 1. The van der Waals surface area contributed by atoms with Gasteiger partial charge in [-0.3, -0.25) is 4.79 Å². The first kappa shape index (κ1) is 20.0. The summed E-state index contributed by atoms with van der Waals surface area (Å²) >= 11 is 0. The van der Waals surface area contributed by atoms with E-state index in [1.165, 1.54) is 0 Å². The van der Waals surface area contributed by atoms with E-state index in [-0.39, 0.29) is 24.6 Å². The maximum absolute atomic E-state index is 12.9. The molecule has 0 N–H and O–H groups in total. The van der Waals surface area contributed by atoms with Gasteiger partial charge in [0.25, 0.3) is 5.91 Å². The van der Waals surface area contributed by atoms with Crippen molar-refractivity contribution in [1.29, 1.82) is 0 Å².